The number of carbonyl (C=O) groups excluding carboxylic acids is 2. The number of fused-ring (bicyclic) bond motifs is 1. The van der Waals surface area contributed by atoms with Gasteiger partial charge in [-0.25, -0.2) is 0 Å². The van der Waals surface area contributed by atoms with Crippen molar-refractivity contribution in [3.8, 4) is 0 Å². The van der Waals surface area contributed by atoms with Gasteiger partial charge in [0.25, 0.3) is 5.91 Å². The minimum atomic E-state index is 0.0633. The van der Waals surface area contributed by atoms with Crippen molar-refractivity contribution in [1.82, 2.24) is 9.80 Å². The standard InChI is InChI=1S/C20H27N3O3/c1-15(24)23-7-5-17-12-18(2-3-19(17)23)20(25)22-6-4-16(14-22)13-21-8-10-26-11-9-21/h2-3,12,16H,4-11,13-14H2,1H3. The highest BCUT2D eigenvalue weighted by atomic mass is 16.5. The van der Waals surface area contributed by atoms with Crippen LogP contribution < -0.4 is 4.90 Å². The summed E-state index contributed by atoms with van der Waals surface area (Å²) in [5.41, 5.74) is 2.82. The number of benzene rings is 1. The number of ether oxygens (including phenoxy) is 1. The van der Waals surface area contributed by atoms with Gasteiger partial charge in [0.15, 0.2) is 0 Å². The first kappa shape index (κ1) is 17.5. The van der Waals surface area contributed by atoms with Crippen LogP contribution in [-0.4, -0.2) is 74.1 Å². The van der Waals surface area contributed by atoms with Gasteiger partial charge in [0.2, 0.25) is 5.91 Å². The molecule has 6 nitrogen and oxygen atoms in total. The molecule has 0 aliphatic carbocycles. The monoisotopic (exact) mass is 357 g/mol. The summed E-state index contributed by atoms with van der Waals surface area (Å²) in [6.07, 6.45) is 1.90. The van der Waals surface area contributed by atoms with Crippen molar-refractivity contribution in [3.05, 3.63) is 29.3 Å². The molecule has 1 aromatic rings. The predicted octanol–water partition coefficient (Wildman–Crippen LogP) is 1.39. The molecule has 2 amide bonds. The first-order chi connectivity index (χ1) is 12.6. The Hall–Kier alpha value is -1.92. The number of anilines is 1. The summed E-state index contributed by atoms with van der Waals surface area (Å²) < 4.78 is 5.41. The third-order valence-corrected chi connectivity index (χ3v) is 5.80. The zero-order valence-electron chi connectivity index (χ0n) is 15.4. The van der Waals surface area contributed by atoms with Crippen molar-refractivity contribution in [1.29, 1.82) is 0 Å². The van der Waals surface area contributed by atoms with Crippen molar-refractivity contribution in [3.63, 3.8) is 0 Å². The van der Waals surface area contributed by atoms with E-state index in [0.717, 1.165) is 75.6 Å². The first-order valence-electron chi connectivity index (χ1n) is 9.62. The fourth-order valence-corrected chi connectivity index (χ4v) is 4.36. The average molecular weight is 357 g/mol. The first-order valence-corrected chi connectivity index (χ1v) is 9.62. The number of hydrogen-bond donors (Lipinski definition) is 0. The zero-order chi connectivity index (χ0) is 18.1. The second-order valence-corrected chi connectivity index (χ2v) is 7.58. The Labute approximate surface area is 154 Å². The van der Waals surface area contributed by atoms with Crippen LogP contribution in [0.3, 0.4) is 0 Å². The summed E-state index contributed by atoms with van der Waals surface area (Å²) in [5.74, 6) is 0.742. The maximum atomic E-state index is 12.9. The molecule has 140 valence electrons. The molecule has 0 radical (unpaired) electrons. The van der Waals surface area contributed by atoms with Crippen LogP contribution in [0.4, 0.5) is 5.69 Å². The molecule has 2 saturated heterocycles. The Bertz CT molecular complexity index is 700. The van der Waals surface area contributed by atoms with Gasteiger partial charge in [-0.1, -0.05) is 0 Å². The largest absolute Gasteiger partial charge is 0.379 e. The van der Waals surface area contributed by atoms with Crippen molar-refractivity contribution in [2.45, 2.75) is 19.8 Å². The van der Waals surface area contributed by atoms with E-state index in [9.17, 15) is 9.59 Å². The van der Waals surface area contributed by atoms with E-state index in [1.165, 1.54) is 0 Å². The summed E-state index contributed by atoms with van der Waals surface area (Å²) in [6, 6.07) is 5.78. The van der Waals surface area contributed by atoms with E-state index in [1.54, 1.807) is 11.8 Å². The van der Waals surface area contributed by atoms with E-state index in [4.69, 9.17) is 4.74 Å². The molecule has 3 aliphatic heterocycles. The Morgan fingerprint density at radius 3 is 2.73 bits per heavy atom. The average Bonchev–Trinajstić information content (AvgIpc) is 3.28. The molecular formula is C20H27N3O3. The van der Waals surface area contributed by atoms with Gasteiger partial charge in [-0.15, -0.1) is 0 Å². The molecule has 2 fully saturated rings. The molecule has 6 heteroatoms. The minimum Gasteiger partial charge on any atom is -0.379 e. The van der Waals surface area contributed by atoms with Gasteiger partial charge in [-0.05, 0) is 42.5 Å². The zero-order valence-corrected chi connectivity index (χ0v) is 15.4. The van der Waals surface area contributed by atoms with Gasteiger partial charge >= 0.3 is 0 Å². The van der Waals surface area contributed by atoms with Crippen molar-refractivity contribution in [2.24, 2.45) is 5.92 Å². The Balaban J connectivity index is 1.38. The third-order valence-electron chi connectivity index (χ3n) is 5.80. The molecule has 1 aromatic carbocycles. The lowest BCUT2D eigenvalue weighted by atomic mass is 10.1. The van der Waals surface area contributed by atoms with Crippen molar-refractivity contribution in [2.75, 3.05) is 57.4 Å². The number of morpholine rings is 1. The van der Waals surface area contributed by atoms with E-state index in [1.807, 2.05) is 23.1 Å². The lowest BCUT2D eigenvalue weighted by Gasteiger charge is -2.29. The van der Waals surface area contributed by atoms with Crippen LogP contribution in [0.15, 0.2) is 18.2 Å². The molecule has 0 spiro atoms. The molecule has 3 aliphatic rings. The molecule has 0 bridgehead atoms. The van der Waals surface area contributed by atoms with E-state index in [0.29, 0.717) is 12.5 Å². The second-order valence-electron chi connectivity index (χ2n) is 7.58. The third kappa shape index (κ3) is 3.48. The Morgan fingerprint density at radius 2 is 1.96 bits per heavy atom. The van der Waals surface area contributed by atoms with Gasteiger partial charge in [-0.2, -0.15) is 0 Å². The predicted molar refractivity (Wildman–Crippen MR) is 99.4 cm³/mol. The van der Waals surface area contributed by atoms with Crippen LogP contribution in [0, 0.1) is 5.92 Å². The van der Waals surface area contributed by atoms with Crippen LogP contribution in [0.2, 0.25) is 0 Å². The second kappa shape index (κ2) is 7.37. The summed E-state index contributed by atoms with van der Waals surface area (Å²) in [7, 11) is 0. The highest BCUT2D eigenvalue weighted by molar-refractivity contribution is 5.98. The Morgan fingerprint density at radius 1 is 1.15 bits per heavy atom. The SMILES string of the molecule is CC(=O)N1CCc2cc(C(=O)N3CCC(CN4CCOCC4)C3)ccc21. The van der Waals surface area contributed by atoms with E-state index < -0.39 is 0 Å². The normalized spacial score (nSPS) is 23.3. The van der Waals surface area contributed by atoms with Crippen LogP contribution in [0.5, 0.6) is 0 Å². The fourth-order valence-electron chi connectivity index (χ4n) is 4.36. The van der Waals surface area contributed by atoms with Crippen molar-refractivity contribution >= 4 is 17.5 Å². The van der Waals surface area contributed by atoms with E-state index in [2.05, 4.69) is 4.90 Å². The van der Waals surface area contributed by atoms with Crippen LogP contribution >= 0.6 is 0 Å². The quantitative estimate of drug-likeness (QED) is 0.820. The number of nitrogens with zero attached hydrogens (tertiary/aromatic N) is 3. The number of hydrogen-bond acceptors (Lipinski definition) is 4. The lowest BCUT2D eigenvalue weighted by molar-refractivity contribution is -0.116. The fraction of sp³-hybridized carbons (Fsp3) is 0.600. The summed E-state index contributed by atoms with van der Waals surface area (Å²) in [5, 5.41) is 0. The van der Waals surface area contributed by atoms with Gasteiger partial charge in [0, 0.05) is 57.4 Å². The molecule has 1 unspecified atom stereocenters. The summed E-state index contributed by atoms with van der Waals surface area (Å²) in [4.78, 5) is 30.8. The molecule has 26 heavy (non-hydrogen) atoms. The van der Waals surface area contributed by atoms with Gasteiger partial charge in [0.05, 0.1) is 13.2 Å². The highest BCUT2D eigenvalue weighted by Crippen LogP contribution is 2.30. The van der Waals surface area contributed by atoms with Gasteiger partial charge in [-0.3, -0.25) is 14.5 Å². The lowest BCUT2D eigenvalue weighted by Crippen LogP contribution is -2.40. The smallest absolute Gasteiger partial charge is 0.253 e. The van der Waals surface area contributed by atoms with Crippen molar-refractivity contribution < 1.29 is 14.3 Å². The maximum Gasteiger partial charge on any atom is 0.253 e. The molecule has 3 heterocycles. The topological polar surface area (TPSA) is 53.1 Å². The number of amides is 2. The molecule has 0 N–H and O–H groups in total. The Kier molecular flexibility index (Phi) is 4.96. The minimum absolute atomic E-state index is 0.0633. The number of rotatable bonds is 3. The van der Waals surface area contributed by atoms with Crippen LogP contribution in [0.25, 0.3) is 0 Å². The van der Waals surface area contributed by atoms with Crippen LogP contribution in [0.1, 0.15) is 29.3 Å². The molecule has 0 saturated carbocycles. The van der Waals surface area contributed by atoms with E-state index >= 15 is 0 Å². The summed E-state index contributed by atoms with van der Waals surface area (Å²) in [6.45, 7) is 8.69. The molecule has 1 atom stereocenters. The maximum absolute atomic E-state index is 12.9. The number of carbonyl (C=O) groups is 2. The number of likely N-dealkylation sites (tertiary alicyclic amines) is 1. The van der Waals surface area contributed by atoms with Crippen LogP contribution in [-0.2, 0) is 16.0 Å². The van der Waals surface area contributed by atoms with E-state index in [-0.39, 0.29) is 11.8 Å². The highest BCUT2D eigenvalue weighted by Gasteiger charge is 2.30. The van der Waals surface area contributed by atoms with Gasteiger partial charge in [0.1, 0.15) is 0 Å². The van der Waals surface area contributed by atoms with Gasteiger partial charge < -0.3 is 14.5 Å². The molecule has 0 aromatic heterocycles. The molecular weight excluding hydrogens is 330 g/mol. The summed E-state index contributed by atoms with van der Waals surface area (Å²) >= 11 is 0. The molecule has 4 rings (SSSR count).